The van der Waals surface area contributed by atoms with Gasteiger partial charge in [-0.15, -0.1) is 0 Å². The second-order valence-corrected chi connectivity index (χ2v) is 7.18. The van der Waals surface area contributed by atoms with E-state index in [1.54, 1.807) is 20.8 Å². The number of amides is 2. The summed E-state index contributed by atoms with van der Waals surface area (Å²) < 4.78 is 5.24. The van der Waals surface area contributed by atoms with Gasteiger partial charge in [0.15, 0.2) is 0 Å². The first-order valence-corrected chi connectivity index (χ1v) is 8.73. The zero-order chi connectivity index (χ0) is 20.7. The number of carbonyl (C=O) groups is 2. The van der Waals surface area contributed by atoms with Gasteiger partial charge in [-0.05, 0) is 38.5 Å². The molecule has 0 spiro atoms. The van der Waals surface area contributed by atoms with Gasteiger partial charge < -0.3 is 15.4 Å². The molecule has 28 heavy (non-hydrogen) atoms. The van der Waals surface area contributed by atoms with Crippen molar-refractivity contribution in [2.24, 2.45) is 0 Å². The largest absolute Gasteiger partial charge is 0.444 e. The highest BCUT2D eigenvalue weighted by Crippen LogP contribution is 2.16. The van der Waals surface area contributed by atoms with Gasteiger partial charge in [0.05, 0.1) is 4.92 Å². The van der Waals surface area contributed by atoms with Gasteiger partial charge in [-0.1, -0.05) is 30.3 Å². The van der Waals surface area contributed by atoms with Crippen molar-refractivity contribution in [2.75, 3.05) is 5.32 Å². The van der Waals surface area contributed by atoms with Crippen molar-refractivity contribution in [1.29, 1.82) is 0 Å². The van der Waals surface area contributed by atoms with Gasteiger partial charge in [0.1, 0.15) is 11.6 Å². The molecule has 0 radical (unpaired) electrons. The Labute approximate surface area is 163 Å². The van der Waals surface area contributed by atoms with Gasteiger partial charge in [0.25, 0.3) is 5.69 Å². The Morgan fingerprint density at radius 1 is 1.07 bits per heavy atom. The number of nitrogens with one attached hydrogen (secondary N) is 2. The number of anilines is 1. The van der Waals surface area contributed by atoms with Crippen LogP contribution in [0.5, 0.6) is 0 Å². The fourth-order valence-corrected chi connectivity index (χ4v) is 2.40. The Morgan fingerprint density at radius 3 is 2.21 bits per heavy atom. The highest BCUT2D eigenvalue weighted by atomic mass is 16.6. The first kappa shape index (κ1) is 20.9. The molecule has 2 aromatic carbocycles. The smallest absolute Gasteiger partial charge is 0.408 e. The molecular weight excluding hydrogens is 362 g/mol. The lowest BCUT2D eigenvalue weighted by Crippen LogP contribution is -2.47. The number of nitro benzene ring substituents is 1. The molecule has 2 amide bonds. The normalized spacial score (nSPS) is 12.0. The number of benzene rings is 2. The maximum absolute atomic E-state index is 12.7. The Hall–Kier alpha value is -3.42. The second-order valence-electron chi connectivity index (χ2n) is 7.18. The Balaban J connectivity index is 2.13. The van der Waals surface area contributed by atoms with Crippen molar-refractivity contribution in [1.82, 2.24) is 5.32 Å². The maximum atomic E-state index is 12.7. The average molecular weight is 385 g/mol. The van der Waals surface area contributed by atoms with Gasteiger partial charge in [0.2, 0.25) is 5.91 Å². The zero-order valence-electron chi connectivity index (χ0n) is 16.0. The van der Waals surface area contributed by atoms with Crippen molar-refractivity contribution in [3.8, 4) is 0 Å². The lowest BCUT2D eigenvalue weighted by atomic mass is 10.1. The number of non-ortho nitro benzene ring substituents is 1. The Morgan fingerprint density at radius 2 is 1.68 bits per heavy atom. The summed E-state index contributed by atoms with van der Waals surface area (Å²) in [5.74, 6) is -0.455. The van der Waals surface area contributed by atoms with Crippen molar-refractivity contribution in [3.05, 3.63) is 70.3 Å². The molecule has 0 saturated carbocycles. The molecule has 0 heterocycles. The van der Waals surface area contributed by atoms with Crippen LogP contribution in [0.15, 0.2) is 54.6 Å². The summed E-state index contributed by atoms with van der Waals surface area (Å²) in [5, 5.41) is 16.0. The van der Waals surface area contributed by atoms with Crippen molar-refractivity contribution >= 4 is 23.4 Å². The maximum Gasteiger partial charge on any atom is 0.408 e. The van der Waals surface area contributed by atoms with Crippen LogP contribution in [-0.4, -0.2) is 28.6 Å². The molecule has 0 aliphatic carbocycles. The first-order valence-electron chi connectivity index (χ1n) is 8.73. The van der Waals surface area contributed by atoms with Gasteiger partial charge in [-0.25, -0.2) is 4.79 Å². The van der Waals surface area contributed by atoms with Crippen LogP contribution in [0.4, 0.5) is 16.2 Å². The highest BCUT2D eigenvalue weighted by molar-refractivity contribution is 5.96. The second kappa shape index (κ2) is 8.98. The number of alkyl carbamates (subject to hydrolysis) is 1. The molecule has 0 unspecified atom stereocenters. The predicted octanol–water partition coefficient (Wildman–Crippen LogP) is 3.67. The summed E-state index contributed by atoms with van der Waals surface area (Å²) in [6, 6.07) is 13.8. The summed E-state index contributed by atoms with van der Waals surface area (Å²) in [5.41, 5.74) is 0.476. The van der Waals surface area contributed by atoms with Crippen LogP contribution in [0.3, 0.4) is 0 Å². The Bertz CT molecular complexity index is 829. The van der Waals surface area contributed by atoms with E-state index in [9.17, 15) is 19.7 Å². The van der Waals surface area contributed by atoms with E-state index in [1.165, 1.54) is 24.3 Å². The number of nitro groups is 1. The number of carbonyl (C=O) groups excluding carboxylic acids is 2. The molecule has 0 aromatic heterocycles. The van der Waals surface area contributed by atoms with Crippen LogP contribution >= 0.6 is 0 Å². The number of nitrogens with zero attached hydrogens (tertiary/aromatic N) is 1. The minimum Gasteiger partial charge on any atom is -0.444 e. The molecule has 8 heteroatoms. The van der Waals surface area contributed by atoms with E-state index in [0.717, 1.165) is 5.56 Å². The summed E-state index contributed by atoms with van der Waals surface area (Å²) in [6.07, 6.45) is -0.439. The minimum absolute atomic E-state index is 0.0780. The van der Waals surface area contributed by atoms with Gasteiger partial charge in [-0.2, -0.15) is 0 Å². The molecule has 0 bridgehead atoms. The molecule has 2 N–H and O–H groups in total. The summed E-state index contributed by atoms with van der Waals surface area (Å²) in [4.78, 5) is 35.1. The highest BCUT2D eigenvalue weighted by Gasteiger charge is 2.25. The van der Waals surface area contributed by atoms with E-state index in [2.05, 4.69) is 10.6 Å². The molecule has 8 nitrogen and oxygen atoms in total. The van der Waals surface area contributed by atoms with Crippen LogP contribution < -0.4 is 10.6 Å². The lowest BCUT2D eigenvalue weighted by molar-refractivity contribution is -0.384. The predicted molar refractivity (Wildman–Crippen MR) is 105 cm³/mol. The molecule has 1 atom stereocenters. The van der Waals surface area contributed by atoms with Crippen molar-refractivity contribution in [2.45, 2.75) is 38.8 Å². The van der Waals surface area contributed by atoms with Crippen LogP contribution in [0, 0.1) is 10.1 Å². The van der Waals surface area contributed by atoms with E-state index in [4.69, 9.17) is 4.74 Å². The molecule has 2 rings (SSSR count). The number of rotatable bonds is 6. The number of hydrogen-bond acceptors (Lipinski definition) is 5. The fourth-order valence-electron chi connectivity index (χ4n) is 2.40. The van der Waals surface area contributed by atoms with E-state index < -0.39 is 28.6 Å². The summed E-state index contributed by atoms with van der Waals surface area (Å²) >= 11 is 0. The van der Waals surface area contributed by atoms with Crippen LogP contribution in [0.25, 0.3) is 0 Å². The molecule has 0 fully saturated rings. The third-order valence-corrected chi connectivity index (χ3v) is 3.64. The van der Waals surface area contributed by atoms with E-state index in [1.807, 2.05) is 30.3 Å². The molecule has 2 aromatic rings. The first-order chi connectivity index (χ1) is 13.1. The SMILES string of the molecule is CC(C)(C)OC(=O)N[C@H](Cc1ccccc1)C(=O)Nc1ccc([N+](=O)[O-])cc1. The number of ether oxygens (including phenoxy) is 1. The minimum atomic E-state index is -0.882. The molecule has 148 valence electrons. The van der Waals surface area contributed by atoms with E-state index in [-0.39, 0.29) is 12.1 Å². The third kappa shape index (κ3) is 6.71. The lowest BCUT2D eigenvalue weighted by Gasteiger charge is -2.23. The number of hydrogen-bond donors (Lipinski definition) is 2. The Kier molecular flexibility index (Phi) is 6.70. The van der Waals surface area contributed by atoms with E-state index in [0.29, 0.717) is 5.69 Å². The molecule has 0 saturated heterocycles. The standard InChI is InChI=1S/C20H23N3O5/c1-20(2,3)28-19(25)22-17(13-14-7-5-4-6-8-14)18(24)21-15-9-11-16(12-10-15)23(26)27/h4-12,17H,13H2,1-3H3,(H,21,24)(H,22,25)/t17-/m1/s1. The van der Waals surface area contributed by atoms with Crippen molar-refractivity contribution in [3.63, 3.8) is 0 Å². The summed E-state index contributed by atoms with van der Waals surface area (Å²) in [6.45, 7) is 5.20. The molecule has 0 aliphatic rings. The van der Waals surface area contributed by atoms with Gasteiger partial charge in [-0.3, -0.25) is 14.9 Å². The average Bonchev–Trinajstić information content (AvgIpc) is 2.61. The third-order valence-electron chi connectivity index (χ3n) is 3.64. The van der Waals surface area contributed by atoms with Crippen LogP contribution in [0.1, 0.15) is 26.3 Å². The van der Waals surface area contributed by atoms with Crippen molar-refractivity contribution < 1.29 is 19.2 Å². The fraction of sp³-hybridized carbons (Fsp3) is 0.300. The van der Waals surface area contributed by atoms with E-state index >= 15 is 0 Å². The van der Waals surface area contributed by atoms with Crippen LogP contribution in [-0.2, 0) is 16.0 Å². The van der Waals surface area contributed by atoms with Crippen LogP contribution in [0.2, 0.25) is 0 Å². The molecule has 0 aliphatic heterocycles. The summed E-state index contributed by atoms with van der Waals surface area (Å²) in [7, 11) is 0. The topological polar surface area (TPSA) is 111 Å². The monoisotopic (exact) mass is 385 g/mol. The molecular formula is C20H23N3O5. The van der Waals surface area contributed by atoms with Gasteiger partial charge in [0, 0.05) is 24.2 Å². The quantitative estimate of drug-likeness (QED) is 0.582. The van der Waals surface area contributed by atoms with Gasteiger partial charge >= 0.3 is 6.09 Å². The zero-order valence-corrected chi connectivity index (χ0v) is 16.0.